The molecule has 0 bridgehead atoms. The van der Waals surface area contributed by atoms with Gasteiger partial charge < -0.3 is 27.5 Å². The van der Waals surface area contributed by atoms with Gasteiger partial charge in [0.1, 0.15) is 11.5 Å². The van der Waals surface area contributed by atoms with E-state index in [4.69, 9.17) is 0 Å². The van der Waals surface area contributed by atoms with E-state index < -0.39 is 7.25 Å². The smallest absolute Gasteiger partial charge is 0.508 e. The van der Waals surface area contributed by atoms with E-state index in [-0.39, 0.29) is 22.4 Å². The fourth-order valence-corrected chi connectivity index (χ4v) is 4.19. The molecule has 0 fully saturated rings. The highest BCUT2D eigenvalue weighted by atomic mass is 32.2. The van der Waals surface area contributed by atoms with E-state index in [2.05, 4.69) is 12.1 Å². The second-order valence-electron chi connectivity index (χ2n) is 5.10. The minimum absolute atomic E-state index is 0.253. The van der Waals surface area contributed by atoms with Crippen molar-refractivity contribution in [2.45, 2.75) is 14.7 Å². The maximum atomic E-state index is 9.75. The molecule has 3 aromatic rings. The van der Waals surface area contributed by atoms with Crippen LogP contribution in [-0.4, -0.2) is 17.5 Å². The van der Waals surface area contributed by atoms with Gasteiger partial charge in [-0.2, -0.15) is 0 Å². The Hall–Kier alpha value is -2.61. The van der Waals surface area contributed by atoms with E-state index in [9.17, 15) is 27.5 Å². The summed E-state index contributed by atoms with van der Waals surface area (Å²) >= 11 is 0. The fraction of sp³-hybridized carbons (Fsp3) is 0. The van der Waals surface area contributed by atoms with E-state index in [0.717, 1.165) is 9.79 Å². The Kier molecular flexibility index (Phi) is 6.57. The van der Waals surface area contributed by atoms with Crippen LogP contribution < -0.4 is 0 Å². The molecule has 2 N–H and O–H groups in total. The summed E-state index contributed by atoms with van der Waals surface area (Å²) in [5.74, 6) is 0.530. The van der Waals surface area contributed by atoms with Crippen LogP contribution in [0.15, 0.2) is 93.5 Å². The molecule has 3 aromatic carbocycles. The fourth-order valence-electron chi connectivity index (χ4n) is 2.13. The molecular formula is C18H15BF4O2S. The van der Waals surface area contributed by atoms with Crippen molar-refractivity contribution in [2.24, 2.45) is 0 Å². The van der Waals surface area contributed by atoms with Gasteiger partial charge in [-0.1, -0.05) is 18.2 Å². The maximum absolute atomic E-state index is 9.75. The van der Waals surface area contributed by atoms with Gasteiger partial charge in [-0.25, -0.2) is 0 Å². The lowest BCUT2D eigenvalue weighted by atomic mass is 10.3. The molecule has 3 rings (SSSR count). The zero-order valence-electron chi connectivity index (χ0n) is 13.4. The van der Waals surface area contributed by atoms with Crippen LogP contribution in [0.4, 0.5) is 17.3 Å². The van der Waals surface area contributed by atoms with Gasteiger partial charge >= 0.3 is 7.25 Å². The maximum Gasteiger partial charge on any atom is 0.673 e. The van der Waals surface area contributed by atoms with Crippen LogP contribution in [0.5, 0.6) is 11.5 Å². The van der Waals surface area contributed by atoms with E-state index >= 15 is 0 Å². The zero-order chi connectivity index (χ0) is 19.2. The molecule has 0 spiro atoms. The van der Waals surface area contributed by atoms with Gasteiger partial charge in [-0.15, -0.1) is 0 Å². The molecule has 0 aromatic heterocycles. The Labute approximate surface area is 151 Å². The quantitative estimate of drug-likeness (QED) is 0.357. The number of hydrogen-bond donors (Lipinski definition) is 2. The molecule has 0 atom stereocenters. The van der Waals surface area contributed by atoms with Crippen molar-refractivity contribution < 1.29 is 27.5 Å². The average Bonchev–Trinajstić information content (AvgIpc) is 2.58. The van der Waals surface area contributed by atoms with E-state index in [1.165, 1.54) is 4.90 Å². The molecule has 0 saturated heterocycles. The summed E-state index contributed by atoms with van der Waals surface area (Å²) in [6.07, 6.45) is 0. The summed E-state index contributed by atoms with van der Waals surface area (Å²) in [5, 5.41) is 19.0. The van der Waals surface area contributed by atoms with Gasteiger partial charge in [0.25, 0.3) is 0 Å². The average molecular weight is 382 g/mol. The molecule has 8 heteroatoms. The Morgan fingerprint density at radius 2 is 0.846 bits per heavy atom. The highest BCUT2D eigenvalue weighted by Gasteiger charge is 2.28. The zero-order valence-corrected chi connectivity index (χ0v) is 14.2. The van der Waals surface area contributed by atoms with Gasteiger partial charge in [0.15, 0.2) is 14.7 Å². The van der Waals surface area contributed by atoms with Crippen molar-refractivity contribution in [3.63, 3.8) is 0 Å². The summed E-state index contributed by atoms with van der Waals surface area (Å²) < 4.78 is 39.0. The first-order chi connectivity index (χ1) is 12.2. The standard InChI is InChI=1S/C18H14O2S.BF4/c19-14-6-10-17(11-7-14)21(16-4-2-1-3-5-16)18-12-8-15(20)9-13-18;2-1(3,4)5/h1-13H,(H-,19,20);/q;-1/p+1. The van der Waals surface area contributed by atoms with Crippen molar-refractivity contribution in [3.8, 4) is 11.5 Å². The Balaban J connectivity index is 0.000000431. The Bertz CT molecular complexity index is 758. The lowest BCUT2D eigenvalue weighted by Crippen LogP contribution is -2.04. The summed E-state index contributed by atoms with van der Waals surface area (Å²) in [5.41, 5.74) is 0. The molecule has 2 nitrogen and oxygen atoms in total. The number of halogens is 4. The SMILES string of the molecule is F[B-](F)(F)F.Oc1ccc([S+](c2ccccc2)c2ccc(O)cc2)cc1. The minimum Gasteiger partial charge on any atom is -0.508 e. The third-order valence-electron chi connectivity index (χ3n) is 3.12. The number of aromatic hydroxyl groups is 2. The highest BCUT2D eigenvalue weighted by molar-refractivity contribution is 7.97. The summed E-state index contributed by atoms with van der Waals surface area (Å²) in [4.78, 5) is 3.46. The van der Waals surface area contributed by atoms with Crippen molar-refractivity contribution in [3.05, 3.63) is 78.9 Å². The number of benzene rings is 3. The van der Waals surface area contributed by atoms with Crippen LogP contribution in [0, 0.1) is 0 Å². The van der Waals surface area contributed by atoms with Crippen LogP contribution >= 0.6 is 0 Å². The molecule has 0 aliphatic carbocycles. The number of rotatable bonds is 3. The molecule has 0 unspecified atom stereocenters. The van der Waals surface area contributed by atoms with Gasteiger partial charge in [-0.3, -0.25) is 0 Å². The first-order valence-corrected chi connectivity index (χ1v) is 8.71. The molecule has 136 valence electrons. The predicted molar refractivity (Wildman–Crippen MR) is 95.0 cm³/mol. The monoisotopic (exact) mass is 382 g/mol. The molecule has 26 heavy (non-hydrogen) atoms. The van der Waals surface area contributed by atoms with Gasteiger partial charge in [-0.05, 0) is 60.7 Å². The van der Waals surface area contributed by atoms with E-state index in [0.29, 0.717) is 0 Å². The van der Waals surface area contributed by atoms with Crippen LogP contribution in [0.1, 0.15) is 0 Å². The third-order valence-corrected chi connectivity index (χ3v) is 5.35. The molecule has 0 aliphatic rings. The second-order valence-corrected chi connectivity index (χ2v) is 7.13. The van der Waals surface area contributed by atoms with Crippen LogP contribution in [-0.2, 0) is 10.9 Å². The van der Waals surface area contributed by atoms with Crippen molar-refractivity contribution in [1.82, 2.24) is 0 Å². The van der Waals surface area contributed by atoms with Crippen molar-refractivity contribution in [2.75, 3.05) is 0 Å². The van der Waals surface area contributed by atoms with E-state index in [1.54, 1.807) is 24.3 Å². The summed E-state index contributed by atoms with van der Waals surface area (Å²) in [6.45, 7) is 0. The predicted octanol–water partition coefficient (Wildman–Crippen LogP) is 5.49. The number of phenols is 2. The number of phenolic OH excluding ortho intramolecular Hbond substituents is 2. The third kappa shape index (κ3) is 6.36. The molecule has 0 saturated carbocycles. The lowest BCUT2D eigenvalue weighted by molar-refractivity contribution is 0.368. The van der Waals surface area contributed by atoms with Crippen LogP contribution in [0.2, 0.25) is 0 Å². The second kappa shape index (κ2) is 8.67. The van der Waals surface area contributed by atoms with Gasteiger partial charge in [0.2, 0.25) is 0 Å². The summed E-state index contributed by atoms with van der Waals surface area (Å²) in [7, 11) is -6.25. The summed E-state index contributed by atoms with van der Waals surface area (Å²) in [6, 6.07) is 24.8. The normalized spacial score (nSPS) is 11.0. The van der Waals surface area contributed by atoms with Gasteiger partial charge in [0, 0.05) is 0 Å². The van der Waals surface area contributed by atoms with Gasteiger partial charge in [0.05, 0.1) is 10.9 Å². The minimum atomic E-state index is -6.00. The topological polar surface area (TPSA) is 40.5 Å². The first-order valence-electron chi connectivity index (χ1n) is 7.49. The number of hydrogen-bond acceptors (Lipinski definition) is 2. The molecule has 0 heterocycles. The lowest BCUT2D eigenvalue weighted by Gasteiger charge is -2.08. The molecule has 0 radical (unpaired) electrons. The van der Waals surface area contributed by atoms with Crippen LogP contribution in [0.3, 0.4) is 0 Å². The van der Waals surface area contributed by atoms with Crippen LogP contribution in [0.25, 0.3) is 0 Å². The van der Waals surface area contributed by atoms with E-state index in [1.807, 2.05) is 42.5 Å². The molecule has 0 aliphatic heterocycles. The first kappa shape index (κ1) is 19.7. The largest absolute Gasteiger partial charge is 0.673 e. The van der Waals surface area contributed by atoms with Crippen molar-refractivity contribution >= 4 is 18.1 Å². The Morgan fingerprint density at radius 3 is 1.19 bits per heavy atom. The van der Waals surface area contributed by atoms with Crippen molar-refractivity contribution in [1.29, 1.82) is 0 Å². The molecule has 0 amide bonds. The molecular weight excluding hydrogens is 367 g/mol. The highest BCUT2D eigenvalue weighted by Crippen LogP contribution is 2.32. The Morgan fingerprint density at radius 1 is 0.538 bits per heavy atom.